The molecular formula is C17H19N3O3. The fourth-order valence-corrected chi connectivity index (χ4v) is 2.44. The average molecular weight is 313 g/mol. The van der Waals surface area contributed by atoms with Crippen molar-refractivity contribution in [3.05, 3.63) is 58.0 Å². The highest BCUT2D eigenvalue weighted by Gasteiger charge is 2.33. The van der Waals surface area contributed by atoms with Crippen LogP contribution >= 0.6 is 0 Å². The van der Waals surface area contributed by atoms with Crippen molar-refractivity contribution in [2.45, 2.75) is 25.4 Å². The zero-order chi connectivity index (χ0) is 16.4. The van der Waals surface area contributed by atoms with Gasteiger partial charge in [-0.15, -0.1) is 0 Å². The number of hydrogen-bond acceptors (Lipinski definition) is 4. The van der Waals surface area contributed by atoms with Crippen molar-refractivity contribution in [2.24, 2.45) is 7.05 Å². The Morgan fingerprint density at radius 3 is 2.52 bits per heavy atom. The molecule has 1 fully saturated rings. The largest absolute Gasteiger partial charge is 0.497 e. The van der Waals surface area contributed by atoms with Gasteiger partial charge in [0.25, 0.3) is 11.5 Å². The predicted octanol–water partition coefficient (Wildman–Crippen LogP) is 1.59. The van der Waals surface area contributed by atoms with Gasteiger partial charge in [0.15, 0.2) is 0 Å². The molecule has 0 bridgehead atoms. The smallest absolute Gasteiger partial charge is 0.274 e. The Hall–Kier alpha value is -2.63. The summed E-state index contributed by atoms with van der Waals surface area (Å²) in [4.78, 5) is 26.0. The van der Waals surface area contributed by atoms with Gasteiger partial charge < -0.3 is 9.64 Å². The summed E-state index contributed by atoms with van der Waals surface area (Å²) in [6.45, 7) is 0.526. The monoisotopic (exact) mass is 313 g/mol. The zero-order valence-electron chi connectivity index (χ0n) is 13.2. The Morgan fingerprint density at radius 2 is 1.96 bits per heavy atom. The highest BCUT2D eigenvalue weighted by molar-refractivity contribution is 5.92. The lowest BCUT2D eigenvalue weighted by Crippen LogP contribution is -2.34. The van der Waals surface area contributed by atoms with Crippen LogP contribution in [0.25, 0.3) is 0 Å². The number of benzene rings is 1. The van der Waals surface area contributed by atoms with E-state index in [1.54, 1.807) is 14.2 Å². The summed E-state index contributed by atoms with van der Waals surface area (Å²) in [5, 5.41) is 4.07. The molecule has 6 heteroatoms. The molecule has 1 saturated carbocycles. The maximum Gasteiger partial charge on any atom is 0.274 e. The van der Waals surface area contributed by atoms with Crippen molar-refractivity contribution < 1.29 is 9.53 Å². The van der Waals surface area contributed by atoms with Crippen LogP contribution in [0.2, 0.25) is 0 Å². The average Bonchev–Trinajstić information content (AvgIpc) is 3.40. The third-order valence-electron chi connectivity index (χ3n) is 3.94. The molecule has 0 atom stereocenters. The number of amides is 1. The molecule has 1 heterocycles. The first-order valence-corrected chi connectivity index (χ1v) is 7.57. The Kier molecular flexibility index (Phi) is 4.14. The molecule has 6 nitrogen and oxygen atoms in total. The number of rotatable bonds is 5. The van der Waals surface area contributed by atoms with Crippen molar-refractivity contribution in [2.75, 3.05) is 7.11 Å². The predicted molar refractivity (Wildman–Crippen MR) is 85.4 cm³/mol. The van der Waals surface area contributed by atoms with Gasteiger partial charge in [-0.05, 0) is 36.6 Å². The van der Waals surface area contributed by atoms with Crippen molar-refractivity contribution in [3.63, 3.8) is 0 Å². The van der Waals surface area contributed by atoms with Gasteiger partial charge in [-0.25, -0.2) is 4.68 Å². The summed E-state index contributed by atoms with van der Waals surface area (Å²) in [5.74, 6) is 0.650. The van der Waals surface area contributed by atoms with E-state index in [0.717, 1.165) is 24.2 Å². The summed E-state index contributed by atoms with van der Waals surface area (Å²) in [6, 6.07) is 10.8. The molecule has 23 heavy (non-hydrogen) atoms. The SMILES string of the molecule is COc1ccc(CN(C(=O)c2ccc(=O)n(C)n2)C2CC2)cc1. The van der Waals surface area contributed by atoms with Crippen LogP contribution in [0.1, 0.15) is 28.9 Å². The maximum atomic E-state index is 12.7. The fourth-order valence-electron chi connectivity index (χ4n) is 2.44. The number of carbonyl (C=O) groups is 1. The minimum absolute atomic E-state index is 0.140. The molecule has 1 aliphatic rings. The molecule has 0 aliphatic heterocycles. The fraction of sp³-hybridized carbons (Fsp3) is 0.353. The topological polar surface area (TPSA) is 64.4 Å². The number of carbonyl (C=O) groups excluding carboxylic acids is 1. The molecule has 1 aromatic carbocycles. The highest BCUT2D eigenvalue weighted by atomic mass is 16.5. The molecule has 1 aromatic heterocycles. The number of nitrogens with zero attached hydrogens (tertiary/aromatic N) is 3. The summed E-state index contributed by atoms with van der Waals surface area (Å²) in [5.41, 5.74) is 1.11. The normalized spacial score (nSPS) is 13.7. The van der Waals surface area contributed by atoms with E-state index >= 15 is 0 Å². The Bertz CT molecular complexity index is 763. The first-order valence-electron chi connectivity index (χ1n) is 7.57. The van der Waals surface area contributed by atoms with E-state index in [1.165, 1.54) is 16.8 Å². The summed E-state index contributed by atoms with van der Waals surface area (Å²) in [6.07, 6.45) is 2.02. The van der Waals surface area contributed by atoms with Gasteiger partial charge in [-0.3, -0.25) is 9.59 Å². The van der Waals surface area contributed by atoms with E-state index in [4.69, 9.17) is 4.74 Å². The van der Waals surface area contributed by atoms with Crippen LogP contribution in [0.4, 0.5) is 0 Å². The van der Waals surface area contributed by atoms with E-state index in [0.29, 0.717) is 12.2 Å². The standard InChI is InChI=1S/C17H19N3O3/c1-19-16(21)10-9-15(18-19)17(22)20(13-5-6-13)11-12-3-7-14(23-2)8-4-12/h3-4,7-10,13H,5-6,11H2,1-2H3. The molecule has 0 radical (unpaired) electrons. The van der Waals surface area contributed by atoms with Crippen molar-refractivity contribution in [3.8, 4) is 5.75 Å². The van der Waals surface area contributed by atoms with Crippen LogP contribution in [0.5, 0.6) is 5.75 Å². The minimum atomic E-state index is -0.227. The van der Waals surface area contributed by atoms with Crippen molar-refractivity contribution in [1.82, 2.24) is 14.7 Å². The maximum absolute atomic E-state index is 12.7. The first kappa shape index (κ1) is 15.3. The lowest BCUT2D eigenvalue weighted by Gasteiger charge is -2.22. The van der Waals surface area contributed by atoms with Crippen molar-refractivity contribution in [1.29, 1.82) is 0 Å². The number of aryl methyl sites for hydroxylation is 1. The second-order valence-electron chi connectivity index (χ2n) is 5.69. The minimum Gasteiger partial charge on any atom is -0.497 e. The number of hydrogen-bond donors (Lipinski definition) is 0. The number of aromatic nitrogens is 2. The number of ether oxygens (including phenoxy) is 1. The summed E-state index contributed by atoms with van der Waals surface area (Å²) < 4.78 is 6.34. The van der Waals surface area contributed by atoms with Gasteiger partial charge >= 0.3 is 0 Å². The molecule has 0 saturated heterocycles. The lowest BCUT2D eigenvalue weighted by atomic mass is 10.2. The van der Waals surface area contributed by atoms with E-state index in [-0.39, 0.29) is 17.5 Å². The van der Waals surface area contributed by atoms with Crippen LogP contribution < -0.4 is 10.3 Å². The summed E-state index contributed by atoms with van der Waals surface area (Å²) in [7, 11) is 3.17. The van der Waals surface area contributed by atoms with Crippen LogP contribution in [0.3, 0.4) is 0 Å². The van der Waals surface area contributed by atoms with E-state index in [2.05, 4.69) is 5.10 Å². The molecule has 2 aromatic rings. The summed E-state index contributed by atoms with van der Waals surface area (Å²) >= 11 is 0. The Labute approximate surface area is 134 Å². The second-order valence-corrected chi connectivity index (χ2v) is 5.69. The van der Waals surface area contributed by atoms with Crippen LogP contribution in [-0.2, 0) is 13.6 Å². The van der Waals surface area contributed by atoms with Crippen LogP contribution in [0.15, 0.2) is 41.2 Å². The van der Waals surface area contributed by atoms with Crippen molar-refractivity contribution >= 4 is 5.91 Å². The molecular weight excluding hydrogens is 294 g/mol. The molecule has 0 spiro atoms. The first-order chi connectivity index (χ1) is 11.1. The quantitative estimate of drug-likeness (QED) is 0.841. The third-order valence-corrected chi connectivity index (χ3v) is 3.94. The zero-order valence-corrected chi connectivity index (χ0v) is 13.2. The van der Waals surface area contributed by atoms with E-state index < -0.39 is 0 Å². The molecule has 0 unspecified atom stereocenters. The van der Waals surface area contributed by atoms with Gasteiger partial charge in [0, 0.05) is 25.7 Å². The third kappa shape index (κ3) is 3.41. The lowest BCUT2D eigenvalue weighted by molar-refractivity contribution is 0.0721. The second kappa shape index (κ2) is 6.24. The highest BCUT2D eigenvalue weighted by Crippen LogP contribution is 2.29. The molecule has 3 rings (SSSR count). The molecule has 1 aliphatic carbocycles. The Balaban J connectivity index is 1.81. The van der Waals surface area contributed by atoms with Gasteiger partial charge in [-0.2, -0.15) is 5.10 Å². The molecule has 120 valence electrons. The van der Waals surface area contributed by atoms with Crippen LogP contribution in [-0.4, -0.2) is 33.7 Å². The van der Waals surface area contributed by atoms with Gasteiger partial charge in [0.1, 0.15) is 11.4 Å². The van der Waals surface area contributed by atoms with Gasteiger partial charge in [-0.1, -0.05) is 12.1 Å². The van der Waals surface area contributed by atoms with Gasteiger partial charge in [0.2, 0.25) is 0 Å². The number of methoxy groups -OCH3 is 1. The molecule has 0 N–H and O–H groups in total. The van der Waals surface area contributed by atoms with Gasteiger partial charge in [0.05, 0.1) is 7.11 Å². The molecule has 1 amide bonds. The Morgan fingerprint density at radius 1 is 1.26 bits per heavy atom. The van der Waals surface area contributed by atoms with E-state index in [1.807, 2.05) is 29.2 Å². The van der Waals surface area contributed by atoms with E-state index in [9.17, 15) is 9.59 Å². The van der Waals surface area contributed by atoms with Crippen LogP contribution in [0, 0.1) is 0 Å².